The summed E-state index contributed by atoms with van der Waals surface area (Å²) in [6.45, 7) is 6.18. The van der Waals surface area contributed by atoms with Crippen molar-refractivity contribution in [2.45, 2.75) is 32.6 Å². The van der Waals surface area contributed by atoms with E-state index < -0.39 is 5.41 Å². The number of aromatic nitrogens is 1. The van der Waals surface area contributed by atoms with Gasteiger partial charge in [0.1, 0.15) is 0 Å². The van der Waals surface area contributed by atoms with E-state index in [0.717, 1.165) is 16.7 Å². The Morgan fingerprint density at radius 1 is 1.29 bits per heavy atom. The molecular weight excluding hydrogens is 262 g/mol. The number of nitrogens with zero attached hydrogens (tertiary/aromatic N) is 1. The van der Waals surface area contributed by atoms with Gasteiger partial charge in [0.25, 0.3) is 0 Å². The summed E-state index contributed by atoms with van der Waals surface area (Å²) in [5, 5.41) is 0. The third kappa shape index (κ3) is 3.48. The van der Waals surface area contributed by atoms with Crippen LogP contribution in [0.3, 0.4) is 0 Å². The van der Waals surface area contributed by atoms with Gasteiger partial charge >= 0.3 is 5.97 Å². The first-order valence-electron chi connectivity index (χ1n) is 7.19. The minimum Gasteiger partial charge on any atom is -0.465 e. The molecule has 0 amide bonds. The van der Waals surface area contributed by atoms with Crippen LogP contribution in [0.2, 0.25) is 0 Å². The van der Waals surface area contributed by atoms with Gasteiger partial charge in [-0.3, -0.25) is 9.78 Å². The third-order valence-corrected chi connectivity index (χ3v) is 3.66. The second kappa shape index (κ2) is 6.53. The zero-order chi connectivity index (χ0) is 15.3. The quantitative estimate of drug-likeness (QED) is 0.789. The SMILES string of the molecule is CCOC(=O)C(C)(Cc1cccnc1)c1cccc(C)c1. The van der Waals surface area contributed by atoms with Crippen molar-refractivity contribution in [2.75, 3.05) is 6.61 Å². The lowest BCUT2D eigenvalue weighted by molar-refractivity contribution is -0.149. The number of esters is 1. The summed E-state index contributed by atoms with van der Waals surface area (Å²) < 4.78 is 5.31. The van der Waals surface area contributed by atoms with Crippen molar-refractivity contribution in [3.8, 4) is 0 Å². The summed E-state index contributed by atoms with van der Waals surface area (Å²) in [5.74, 6) is -0.195. The third-order valence-electron chi connectivity index (χ3n) is 3.66. The van der Waals surface area contributed by atoms with Gasteiger partial charge in [0.2, 0.25) is 0 Å². The van der Waals surface area contributed by atoms with Crippen molar-refractivity contribution in [3.63, 3.8) is 0 Å². The maximum absolute atomic E-state index is 12.5. The Balaban J connectivity index is 2.41. The number of benzene rings is 1. The number of aryl methyl sites for hydroxylation is 1. The van der Waals surface area contributed by atoms with Gasteiger partial charge in [-0.15, -0.1) is 0 Å². The van der Waals surface area contributed by atoms with E-state index in [4.69, 9.17) is 4.74 Å². The molecule has 2 rings (SSSR count). The molecule has 0 bridgehead atoms. The van der Waals surface area contributed by atoms with E-state index in [9.17, 15) is 4.79 Å². The maximum atomic E-state index is 12.5. The molecule has 0 radical (unpaired) electrons. The molecule has 0 aliphatic rings. The zero-order valence-electron chi connectivity index (χ0n) is 12.8. The van der Waals surface area contributed by atoms with Crippen LogP contribution in [0.4, 0.5) is 0 Å². The van der Waals surface area contributed by atoms with Crippen molar-refractivity contribution >= 4 is 5.97 Å². The molecular formula is C18H21NO2. The van der Waals surface area contributed by atoms with Crippen LogP contribution < -0.4 is 0 Å². The number of carbonyl (C=O) groups excluding carboxylic acids is 1. The topological polar surface area (TPSA) is 39.2 Å². The van der Waals surface area contributed by atoms with E-state index in [-0.39, 0.29) is 5.97 Å². The van der Waals surface area contributed by atoms with Crippen LogP contribution in [-0.4, -0.2) is 17.6 Å². The predicted molar refractivity (Wildman–Crippen MR) is 83.1 cm³/mol. The number of hydrogen-bond acceptors (Lipinski definition) is 3. The Kier molecular flexibility index (Phi) is 4.73. The Labute approximate surface area is 126 Å². The summed E-state index contributed by atoms with van der Waals surface area (Å²) in [5.41, 5.74) is 2.43. The van der Waals surface area contributed by atoms with E-state index in [1.54, 1.807) is 12.4 Å². The molecule has 0 saturated carbocycles. The first-order valence-corrected chi connectivity index (χ1v) is 7.19. The van der Waals surface area contributed by atoms with Gasteiger partial charge in [-0.1, -0.05) is 35.9 Å². The Bertz CT molecular complexity index is 610. The minimum absolute atomic E-state index is 0.195. The summed E-state index contributed by atoms with van der Waals surface area (Å²) in [6, 6.07) is 11.9. The van der Waals surface area contributed by atoms with Crippen LogP contribution in [0.5, 0.6) is 0 Å². The number of hydrogen-bond donors (Lipinski definition) is 0. The molecule has 0 aliphatic carbocycles. The van der Waals surface area contributed by atoms with Crippen LogP contribution >= 0.6 is 0 Å². The van der Waals surface area contributed by atoms with Crippen LogP contribution in [0, 0.1) is 6.92 Å². The van der Waals surface area contributed by atoms with E-state index in [1.165, 1.54) is 0 Å². The molecule has 3 heteroatoms. The smallest absolute Gasteiger partial charge is 0.316 e. The van der Waals surface area contributed by atoms with Gasteiger partial charge in [-0.25, -0.2) is 0 Å². The molecule has 110 valence electrons. The van der Waals surface area contributed by atoms with Gasteiger partial charge in [-0.05, 0) is 44.4 Å². The Hall–Kier alpha value is -2.16. The Morgan fingerprint density at radius 2 is 2.10 bits per heavy atom. The molecule has 3 nitrogen and oxygen atoms in total. The first kappa shape index (κ1) is 15.2. The normalized spacial score (nSPS) is 13.5. The monoisotopic (exact) mass is 283 g/mol. The lowest BCUT2D eigenvalue weighted by atomic mass is 9.77. The van der Waals surface area contributed by atoms with Gasteiger partial charge < -0.3 is 4.74 Å². The number of ether oxygens (including phenoxy) is 1. The summed E-state index contributed by atoms with van der Waals surface area (Å²) in [4.78, 5) is 16.7. The van der Waals surface area contributed by atoms with E-state index >= 15 is 0 Å². The van der Waals surface area contributed by atoms with Crippen molar-refractivity contribution in [2.24, 2.45) is 0 Å². The van der Waals surface area contributed by atoms with Crippen LogP contribution in [0.1, 0.15) is 30.5 Å². The van der Waals surface area contributed by atoms with E-state index in [2.05, 4.69) is 4.98 Å². The van der Waals surface area contributed by atoms with Gasteiger partial charge in [-0.2, -0.15) is 0 Å². The average molecular weight is 283 g/mol. The molecule has 1 unspecified atom stereocenters. The highest BCUT2D eigenvalue weighted by atomic mass is 16.5. The molecule has 1 aromatic heterocycles. The van der Waals surface area contributed by atoms with E-state index in [0.29, 0.717) is 13.0 Å². The minimum atomic E-state index is -0.703. The molecule has 0 saturated heterocycles. The second-order valence-electron chi connectivity index (χ2n) is 5.46. The standard InChI is InChI=1S/C18H21NO2/c1-4-21-17(20)18(3,12-15-8-6-10-19-13-15)16-9-5-7-14(2)11-16/h5-11,13H,4,12H2,1-3H3. The molecule has 0 aliphatic heterocycles. The van der Waals surface area contributed by atoms with Gasteiger partial charge in [0.15, 0.2) is 0 Å². The maximum Gasteiger partial charge on any atom is 0.316 e. The van der Waals surface area contributed by atoms with Crippen LogP contribution in [-0.2, 0) is 21.4 Å². The fraction of sp³-hybridized carbons (Fsp3) is 0.333. The zero-order valence-corrected chi connectivity index (χ0v) is 12.8. The Morgan fingerprint density at radius 3 is 2.71 bits per heavy atom. The highest BCUT2D eigenvalue weighted by Gasteiger charge is 2.37. The van der Waals surface area contributed by atoms with E-state index in [1.807, 2.05) is 57.2 Å². The second-order valence-corrected chi connectivity index (χ2v) is 5.46. The highest BCUT2D eigenvalue weighted by molar-refractivity contribution is 5.83. The van der Waals surface area contributed by atoms with Crippen LogP contribution in [0.25, 0.3) is 0 Å². The van der Waals surface area contributed by atoms with Crippen molar-refractivity contribution in [1.29, 1.82) is 0 Å². The van der Waals surface area contributed by atoms with Gasteiger partial charge in [0, 0.05) is 12.4 Å². The largest absolute Gasteiger partial charge is 0.465 e. The number of pyridine rings is 1. The fourth-order valence-corrected chi connectivity index (χ4v) is 2.48. The summed E-state index contributed by atoms with van der Waals surface area (Å²) >= 11 is 0. The van der Waals surface area contributed by atoms with Crippen molar-refractivity contribution in [1.82, 2.24) is 4.98 Å². The lowest BCUT2D eigenvalue weighted by Gasteiger charge is -2.28. The highest BCUT2D eigenvalue weighted by Crippen LogP contribution is 2.30. The number of rotatable bonds is 5. The number of carbonyl (C=O) groups is 1. The fourth-order valence-electron chi connectivity index (χ4n) is 2.48. The molecule has 0 spiro atoms. The summed E-state index contributed by atoms with van der Waals surface area (Å²) in [6.07, 6.45) is 4.11. The average Bonchev–Trinajstić information content (AvgIpc) is 2.48. The van der Waals surface area contributed by atoms with Crippen molar-refractivity contribution in [3.05, 3.63) is 65.5 Å². The molecule has 0 N–H and O–H groups in total. The molecule has 21 heavy (non-hydrogen) atoms. The lowest BCUT2D eigenvalue weighted by Crippen LogP contribution is -2.36. The predicted octanol–water partition coefficient (Wildman–Crippen LogP) is 3.45. The first-order chi connectivity index (χ1) is 10.1. The summed E-state index contributed by atoms with van der Waals surface area (Å²) in [7, 11) is 0. The molecule has 0 fully saturated rings. The molecule has 1 aromatic carbocycles. The molecule has 2 aromatic rings. The van der Waals surface area contributed by atoms with Gasteiger partial charge in [0.05, 0.1) is 12.0 Å². The molecule has 1 heterocycles. The van der Waals surface area contributed by atoms with Crippen LogP contribution in [0.15, 0.2) is 48.8 Å². The molecule has 1 atom stereocenters. The van der Waals surface area contributed by atoms with Crippen molar-refractivity contribution < 1.29 is 9.53 Å².